The number of aromatic nitrogens is 3. The first-order chi connectivity index (χ1) is 32.4. The second-order valence-electron chi connectivity index (χ2n) is 16.2. The number of nitrogens with two attached hydrogens (primary N) is 3. The number of thioether (sulfide) groups is 2. The first kappa shape index (κ1) is 56.2. The fraction of sp³-hybridized carbons (Fsp3) is 0.467. The molecule has 0 aliphatic carbocycles. The molecule has 0 unspecified atom stereocenters. The second kappa shape index (κ2) is 28.9. The van der Waals surface area contributed by atoms with Gasteiger partial charge < -0.3 is 58.9 Å². The van der Waals surface area contributed by atoms with Crippen LogP contribution in [-0.4, -0.2) is 122 Å². The molecule has 0 aliphatic rings. The molecule has 4 aromatic rings. The van der Waals surface area contributed by atoms with Gasteiger partial charge in [0.2, 0.25) is 41.3 Å². The summed E-state index contributed by atoms with van der Waals surface area (Å²) in [4.78, 5) is 108. The summed E-state index contributed by atoms with van der Waals surface area (Å²) in [6.07, 6.45) is 8.21. The highest BCUT2D eigenvalue weighted by Crippen LogP contribution is 2.19. The van der Waals surface area contributed by atoms with Crippen LogP contribution in [0.5, 0.6) is 5.75 Å². The van der Waals surface area contributed by atoms with E-state index in [9.17, 15) is 47.9 Å². The third-order valence-corrected chi connectivity index (χ3v) is 11.9. The summed E-state index contributed by atoms with van der Waals surface area (Å²) in [5.41, 5.74) is 18.3. The number of unbranched alkanes of at least 4 members (excludes halogenated alkanes) is 1. The van der Waals surface area contributed by atoms with E-state index < -0.39 is 94.7 Å². The van der Waals surface area contributed by atoms with E-state index in [-0.39, 0.29) is 31.4 Å². The summed E-state index contributed by atoms with van der Waals surface area (Å²) in [5, 5.41) is 24.6. The van der Waals surface area contributed by atoms with E-state index in [0.717, 1.165) is 16.5 Å². The van der Waals surface area contributed by atoms with Crippen molar-refractivity contribution in [3.8, 4) is 5.75 Å². The maximum Gasteiger partial charge on any atom is 0.325 e. The number of aromatic hydroxyl groups is 1. The summed E-state index contributed by atoms with van der Waals surface area (Å²) in [6.45, 7) is 3.85. The third kappa shape index (κ3) is 18.5. The minimum atomic E-state index is -1.23. The number of carbonyl (C=O) groups excluding carboxylic acids is 6. The monoisotopic (exact) mass is 985 g/mol. The second-order valence-corrected chi connectivity index (χ2v) is 18.2. The molecule has 23 heteroatoms. The Balaban J connectivity index is 0.00000121. The molecule has 6 amide bonds. The van der Waals surface area contributed by atoms with E-state index in [4.69, 9.17) is 17.2 Å². The number of phenols is 1. The number of carbonyl (C=O) groups is 6. The number of phenolic OH excluding ortho intramolecular Hbond substituents is 1. The summed E-state index contributed by atoms with van der Waals surface area (Å²) in [6, 6.07) is 7.36. The number of hydrogen-bond donors (Lipinski definition) is 12. The summed E-state index contributed by atoms with van der Waals surface area (Å²) in [7, 11) is 0. The number of halogens is 1. The highest BCUT2D eigenvalue weighted by Gasteiger charge is 2.34. The van der Waals surface area contributed by atoms with E-state index in [1.54, 1.807) is 37.2 Å². The Morgan fingerprint density at radius 3 is 1.88 bits per heavy atom. The molecule has 15 N–H and O–H groups in total. The highest BCUT2D eigenvalue weighted by molar-refractivity contribution is 7.98. The summed E-state index contributed by atoms with van der Waals surface area (Å²) < 4.78 is 12.0. The van der Waals surface area contributed by atoms with Gasteiger partial charge in [0, 0.05) is 29.7 Å². The number of amides is 6. The van der Waals surface area contributed by atoms with Gasteiger partial charge in [0.1, 0.15) is 36.0 Å². The van der Waals surface area contributed by atoms with Crippen molar-refractivity contribution >= 4 is 69.9 Å². The van der Waals surface area contributed by atoms with Crippen LogP contribution in [0.1, 0.15) is 57.1 Å². The topological polar surface area (TPSA) is 342 Å². The number of nitrogens with one attached hydrogen (secondary N) is 8. The predicted molar refractivity (Wildman–Crippen MR) is 262 cm³/mol. The number of H-pyrrole nitrogens is 3. The van der Waals surface area contributed by atoms with E-state index in [1.807, 2.05) is 41.8 Å². The molecule has 0 saturated heterocycles. The molecule has 0 radical (unpaired) electrons. The number of para-hydroxylation sites is 1. The van der Waals surface area contributed by atoms with E-state index in [0.29, 0.717) is 49.1 Å². The molecule has 2 heterocycles. The van der Waals surface area contributed by atoms with Gasteiger partial charge in [0.25, 0.3) is 5.56 Å². The van der Waals surface area contributed by atoms with Crippen molar-refractivity contribution in [1.29, 1.82) is 0 Å². The molecule has 0 fully saturated rings. The lowest BCUT2D eigenvalue weighted by atomic mass is 10.0. The van der Waals surface area contributed by atoms with Gasteiger partial charge in [0.15, 0.2) is 0 Å². The number of aromatic amines is 3. The van der Waals surface area contributed by atoms with Crippen LogP contribution < -0.4 is 55.0 Å². The van der Waals surface area contributed by atoms with Crippen LogP contribution in [0.3, 0.4) is 0 Å². The lowest BCUT2D eigenvalue weighted by Crippen LogP contribution is -2.60. The molecule has 0 bridgehead atoms. The Bertz CT molecular complexity index is 2400. The average molecular weight is 986 g/mol. The van der Waals surface area contributed by atoms with Crippen molar-refractivity contribution < 1.29 is 38.3 Å². The lowest BCUT2D eigenvalue weighted by molar-refractivity contribution is -0.135. The molecule has 6 atom stereocenters. The number of benzene rings is 2. The molecule has 0 saturated carbocycles. The molecular weight excluding hydrogens is 922 g/mol. The SMILES string of the molecule is CSCC[C@H](NC(=O)[C@H](Cc1ccc(O)cc1)NC(=O)[C@H](CCCCN)NC(=O)[C@@H](N)Cc1c[nH]c2ccccc12)C(=O)N[C@H](C(=O)N[C@H](CCSC)C(N)=O)C(C)C.O=c1[nH]cc(F)c(=O)[nH]1. The zero-order chi connectivity index (χ0) is 50.3. The predicted octanol–water partition coefficient (Wildman–Crippen LogP) is 0.389. The Labute approximate surface area is 401 Å². The van der Waals surface area contributed by atoms with Crippen molar-refractivity contribution in [3.05, 3.63) is 98.7 Å². The van der Waals surface area contributed by atoms with E-state index in [1.165, 1.54) is 35.7 Å². The normalized spacial score (nSPS) is 13.7. The first-order valence-corrected chi connectivity index (χ1v) is 24.7. The molecule has 2 aromatic heterocycles. The van der Waals surface area contributed by atoms with Crippen LogP contribution in [0.15, 0.2) is 70.5 Å². The Morgan fingerprint density at radius 1 is 0.706 bits per heavy atom. The van der Waals surface area contributed by atoms with Crippen LogP contribution in [0.2, 0.25) is 0 Å². The van der Waals surface area contributed by atoms with Gasteiger partial charge in [0.05, 0.1) is 6.04 Å². The smallest absolute Gasteiger partial charge is 0.325 e. The summed E-state index contributed by atoms with van der Waals surface area (Å²) >= 11 is 2.95. The molecule has 2 aromatic carbocycles. The largest absolute Gasteiger partial charge is 0.508 e. The minimum absolute atomic E-state index is 0.00869. The Morgan fingerprint density at radius 2 is 1.28 bits per heavy atom. The molecule has 372 valence electrons. The highest BCUT2D eigenvalue weighted by atomic mass is 32.2. The standard InChI is InChI=1S/C41H61N9O7S2.C4H3FN2O2/c1-24(2)35(41(57)46-31(36(44)52)16-19-58-3)50-39(55)33(17-20-59-4)48-40(56)34(21-25-12-14-27(51)15-13-25)49-38(54)32(11-7-8-18-42)47-37(53)29(43)22-26-23-45-30-10-6-5-9-28(26)30;5-2-1-6-4(9)7-3(2)8/h5-6,9-10,12-15,23-24,29,31-35,45,51H,7-8,11,16-22,42-43H2,1-4H3,(H2,44,52)(H,46,57)(H,47,53)(H,48,56)(H,49,54)(H,50,55);1H,(H2,6,7,8,9)/t29-,31+,32-,33-,34-,35-;/m0./s1. The van der Waals surface area contributed by atoms with E-state index >= 15 is 0 Å². The number of fused-ring (bicyclic) bond motifs is 1. The molecule has 68 heavy (non-hydrogen) atoms. The van der Waals surface area contributed by atoms with Gasteiger partial charge in [-0.2, -0.15) is 27.9 Å². The molecule has 0 spiro atoms. The van der Waals surface area contributed by atoms with Gasteiger partial charge in [-0.3, -0.25) is 38.5 Å². The van der Waals surface area contributed by atoms with Gasteiger partial charge in [-0.15, -0.1) is 0 Å². The fourth-order valence-corrected chi connectivity index (χ4v) is 7.70. The van der Waals surface area contributed by atoms with Crippen molar-refractivity contribution in [1.82, 2.24) is 41.5 Å². The molecular formula is C45H64FN11O9S2. The van der Waals surface area contributed by atoms with Crippen LogP contribution in [-0.2, 0) is 41.6 Å². The number of hydrogen-bond acceptors (Lipinski definition) is 13. The first-order valence-electron chi connectivity index (χ1n) is 21.9. The van der Waals surface area contributed by atoms with Crippen LogP contribution in [0.25, 0.3) is 10.9 Å². The Hall–Kier alpha value is -6.17. The maximum atomic E-state index is 14.2. The third-order valence-electron chi connectivity index (χ3n) is 10.6. The van der Waals surface area contributed by atoms with Crippen LogP contribution in [0.4, 0.5) is 4.39 Å². The quantitative estimate of drug-likeness (QED) is 0.0380. The molecule has 4 rings (SSSR count). The summed E-state index contributed by atoms with van der Waals surface area (Å²) in [5.74, 6) is -4.11. The molecule has 20 nitrogen and oxygen atoms in total. The zero-order valence-corrected chi connectivity index (χ0v) is 40.2. The number of rotatable bonds is 26. The van der Waals surface area contributed by atoms with Crippen molar-refractivity contribution in [3.63, 3.8) is 0 Å². The van der Waals surface area contributed by atoms with E-state index in [2.05, 4.69) is 31.6 Å². The maximum absolute atomic E-state index is 14.2. The van der Waals surface area contributed by atoms with Crippen molar-refractivity contribution in [2.75, 3.05) is 30.6 Å². The average Bonchev–Trinajstić information content (AvgIpc) is 3.71. The van der Waals surface area contributed by atoms with Crippen molar-refractivity contribution in [2.45, 2.75) is 95.0 Å². The van der Waals surface area contributed by atoms with Crippen LogP contribution >= 0.6 is 23.5 Å². The van der Waals surface area contributed by atoms with Crippen LogP contribution in [0, 0.1) is 11.7 Å². The lowest BCUT2D eigenvalue weighted by Gasteiger charge is -2.28. The minimum Gasteiger partial charge on any atom is -0.508 e. The van der Waals surface area contributed by atoms with Gasteiger partial charge in [-0.05, 0) is 104 Å². The zero-order valence-electron chi connectivity index (χ0n) is 38.5. The Kier molecular flexibility index (Phi) is 23.9. The van der Waals surface area contributed by atoms with Gasteiger partial charge in [-0.25, -0.2) is 4.79 Å². The molecule has 0 aliphatic heterocycles. The number of primary amides is 1. The fourth-order valence-electron chi connectivity index (χ4n) is 6.76. The van der Waals surface area contributed by atoms with Gasteiger partial charge >= 0.3 is 5.69 Å². The van der Waals surface area contributed by atoms with Gasteiger partial charge in [-0.1, -0.05) is 44.2 Å². The van der Waals surface area contributed by atoms with Crippen molar-refractivity contribution in [2.24, 2.45) is 23.1 Å².